The third-order valence-corrected chi connectivity index (χ3v) is 3.76. The Bertz CT molecular complexity index is 328. The number of sulfone groups is 1. The van der Waals surface area contributed by atoms with Gasteiger partial charge >= 0.3 is 0 Å². The normalized spacial score (nSPS) is 25.2. The van der Waals surface area contributed by atoms with Gasteiger partial charge in [0.25, 0.3) is 0 Å². The highest BCUT2D eigenvalue weighted by atomic mass is 32.2. The first-order valence-electron chi connectivity index (χ1n) is 3.57. The number of hydrogen-bond acceptors (Lipinski definition) is 4. The van der Waals surface area contributed by atoms with Gasteiger partial charge in [0, 0.05) is 0 Å². The molecule has 12 heavy (non-hydrogen) atoms. The molecule has 0 bridgehead atoms. The molecule has 0 N–H and O–H groups in total. The molecule has 0 radical (unpaired) electrons. The lowest BCUT2D eigenvalue weighted by molar-refractivity contribution is 0.456. The van der Waals surface area contributed by atoms with Crippen molar-refractivity contribution in [1.29, 1.82) is 10.5 Å². The molecule has 1 fully saturated rings. The minimum atomic E-state index is -2.98. The Labute approximate surface area is 71.3 Å². The van der Waals surface area contributed by atoms with Crippen molar-refractivity contribution in [3.63, 3.8) is 0 Å². The average Bonchev–Trinajstić information content (AvgIpc) is 2.06. The smallest absolute Gasteiger partial charge is 0.150 e. The van der Waals surface area contributed by atoms with E-state index in [1.165, 1.54) is 0 Å². The van der Waals surface area contributed by atoms with Gasteiger partial charge in [-0.3, -0.25) is 0 Å². The van der Waals surface area contributed by atoms with E-state index in [1.54, 1.807) is 0 Å². The second kappa shape index (κ2) is 2.76. The molecule has 1 saturated heterocycles. The van der Waals surface area contributed by atoms with Gasteiger partial charge in [-0.1, -0.05) is 0 Å². The van der Waals surface area contributed by atoms with Crippen molar-refractivity contribution >= 4 is 9.84 Å². The molecule has 1 rings (SSSR count). The Morgan fingerprint density at radius 3 is 1.83 bits per heavy atom. The van der Waals surface area contributed by atoms with E-state index < -0.39 is 15.3 Å². The van der Waals surface area contributed by atoms with E-state index in [4.69, 9.17) is 10.5 Å². The van der Waals surface area contributed by atoms with E-state index in [0.29, 0.717) is 0 Å². The van der Waals surface area contributed by atoms with Crippen LogP contribution in [-0.2, 0) is 9.84 Å². The number of nitriles is 2. The first-order valence-corrected chi connectivity index (χ1v) is 5.39. The Balaban J connectivity index is 2.83. The lowest BCUT2D eigenvalue weighted by Crippen LogP contribution is -2.31. The molecule has 5 heteroatoms. The summed E-state index contributed by atoms with van der Waals surface area (Å²) in [6.45, 7) is 0. The van der Waals surface area contributed by atoms with E-state index in [1.807, 2.05) is 12.1 Å². The van der Waals surface area contributed by atoms with E-state index in [2.05, 4.69) is 0 Å². The fraction of sp³-hybridized carbons (Fsp3) is 0.714. The Kier molecular flexibility index (Phi) is 2.08. The van der Waals surface area contributed by atoms with Crippen molar-refractivity contribution in [3.05, 3.63) is 0 Å². The molecule has 0 atom stereocenters. The summed E-state index contributed by atoms with van der Waals surface area (Å²) in [6, 6.07) is 3.76. The number of rotatable bonds is 0. The fourth-order valence-electron chi connectivity index (χ4n) is 1.14. The van der Waals surface area contributed by atoms with Crippen molar-refractivity contribution in [1.82, 2.24) is 0 Å². The number of nitrogens with zero attached hydrogens (tertiary/aromatic N) is 2. The Morgan fingerprint density at radius 1 is 1.08 bits per heavy atom. The zero-order chi connectivity index (χ0) is 9.24. The van der Waals surface area contributed by atoms with Gasteiger partial charge in [0.2, 0.25) is 0 Å². The van der Waals surface area contributed by atoms with Crippen LogP contribution in [0.15, 0.2) is 0 Å². The molecule has 0 aromatic carbocycles. The van der Waals surface area contributed by atoms with Crippen LogP contribution in [0.3, 0.4) is 0 Å². The fourth-order valence-corrected chi connectivity index (χ4v) is 2.66. The molecule has 0 unspecified atom stereocenters. The molecule has 0 aliphatic carbocycles. The van der Waals surface area contributed by atoms with Crippen LogP contribution >= 0.6 is 0 Å². The third-order valence-electron chi connectivity index (χ3n) is 2.11. The van der Waals surface area contributed by atoms with E-state index in [0.717, 1.165) is 0 Å². The predicted molar refractivity (Wildman–Crippen MR) is 41.5 cm³/mol. The molecule has 0 amide bonds. The van der Waals surface area contributed by atoms with Crippen molar-refractivity contribution < 1.29 is 8.42 Å². The Morgan fingerprint density at radius 2 is 1.50 bits per heavy atom. The van der Waals surface area contributed by atoms with Crippen LogP contribution in [0.4, 0.5) is 0 Å². The maximum atomic E-state index is 11.0. The molecule has 0 spiro atoms. The van der Waals surface area contributed by atoms with E-state index >= 15 is 0 Å². The standard InChI is InChI=1S/C7H8N2O2S/c8-5-7(6-9)1-3-12(10,11)4-2-7/h1-4H2. The molecule has 1 heterocycles. The van der Waals surface area contributed by atoms with E-state index in [9.17, 15) is 8.42 Å². The van der Waals surface area contributed by atoms with Crippen LogP contribution < -0.4 is 0 Å². The zero-order valence-electron chi connectivity index (χ0n) is 6.45. The van der Waals surface area contributed by atoms with Gasteiger partial charge in [0.15, 0.2) is 9.84 Å². The molecule has 1 aliphatic heterocycles. The summed E-state index contributed by atoms with van der Waals surface area (Å²) in [5.41, 5.74) is -1.05. The topological polar surface area (TPSA) is 81.7 Å². The van der Waals surface area contributed by atoms with Crippen molar-refractivity contribution in [2.45, 2.75) is 12.8 Å². The molecular weight excluding hydrogens is 176 g/mol. The van der Waals surface area contributed by atoms with Crippen molar-refractivity contribution in [2.24, 2.45) is 5.41 Å². The van der Waals surface area contributed by atoms with Gasteiger partial charge in [-0.25, -0.2) is 8.42 Å². The van der Waals surface area contributed by atoms with Crippen molar-refractivity contribution in [2.75, 3.05) is 11.5 Å². The lowest BCUT2D eigenvalue weighted by atomic mass is 9.85. The zero-order valence-corrected chi connectivity index (χ0v) is 7.26. The van der Waals surface area contributed by atoms with Gasteiger partial charge in [-0.15, -0.1) is 0 Å². The van der Waals surface area contributed by atoms with Gasteiger partial charge in [0.1, 0.15) is 5.41 Å². The summed E-state index contributed by atoms with van der Waals surface area (Å²) >= 11 is 0. The summed E-state index contributed by atoms with van der Waals surface area (Å²) in [5.74, 6) is -0.0672. The maximum absolute atomic E-state index is 11.0. The molecule has 0 aromatic heterocycles. The minimum Gasteiger partial charge on any atom is -0.229 e. The van der Waals surface area contributed by atoms with Crippen LogP contribution in [0.25, 0.3) is 0 Å². The second-order valence-corrected chi connectivity index (χ2v) is 5.26. The highest BCUT2D eigenvalue weighted by Crippen LogP contribution is 2.30. The van der Waals surface area contributed by atoms with Gasteiger partial charge in [0.05, 0.1) is 23.6 Å². The monoisotopic (exact) mass is 184 g/mol. The largest absolute Gasteiger partial charge is 0.229 e. The molecule has 0 aromatic rings. The molecule has 1 aliphatic rings. The summed E-state index contributed by atoms with van der Waals surface area (Å²) in [4.78, 5) is 0. The highest BCUT2D eigenvalue weighted by molar-refractivity contribution is 7.91. The van der Waals surface area contributed by atoms with Crippen molar-refractivity contribution in [3.8, 4) is 12.1 Å². The van der Waals surface area contributed by atoms with Crippen LogP contribution in [-0.4, -0.2) is 19.9 Å². The average molecular weight is 184 g/mol. The third kappa shape index (κ3) is 1.57. The highest BCUT2D eigenvalue weighted by Gasteiger charge is 2.37. The van der Waals surface area contributed by atoms with Gasteiger partial charge in [-0.05, 0) is 12.8 Å². The second-order valence-electron chi connectivity index (χ2n) is 2.96. The van der Waals surface area contributed by atoms with E-state index in [-0.39, 0.29) is 24.3 Å². The molecule has 0 saturated carbocycles. The number of hydrogen-bond donors (Lipinski definition) is 0. The summed E-state index contributed by atoms with van der Waals surface area (Å²) in [7, 11) is -2.98. The molecular formula is C7H8N2O2S. The SMILES string of the molecule is N#CC1(C#N)CCS(=O)(=O)CC1. The minimum absolute atomic E-state index is 0.0336. The summed E-state index contributed by atoms with van der Waals surface area (Å²) in [6.07, 6.45) is 0.310. The predicted octanol–water partition coefficient (Wildman–Crippen LogP) is 0.229. The van der Waals surface area contributed by atoms with Crippen LogP contribution in [0, 0.1) is 28.1 Å². The lowest BCUT2D eigenvalue weighted by Gasteiger charge is -2.22. The first kappa shape index (κ1) is 9.02. The van der Waals surface area contributed by atoms with Crippen LogP contribution in [0.5, 0.6) is 0 Å². The maximum Gasteiger partial charge on any atom is 0.150 e. The summed E-state index contributed by atoms with van der Waals surface area (Å²) < 4.78 is 21.9. The van der Waals surface area contributed by atoms with Crippen LogP contribution in [0.2, 0.25) is 0 Å². The van der Waals surface area contributed by atoms with Gasteiger partial charge in [-0.2, -0.15) is 10.5 Å². The van der Waals surface area contributed by atoms with Crippen LogP contribution in [0.1, 0.15) is 12.8 Å². The first-order chi connectivity index (χ1) is 5.54. The molecule has 64 valence electrons. The summed E-state index contributed by atoms with van der Waals surface area (Å²) in [5, 5.41) is 17.3. The van der Waals surface area contributed by atoms with Gasteiger partial charge < -0.3 is 0 Å². The quantitative estimate of drug-likeness (QED) is 0.539. The Hall–Kier alpha value is -1.07. The molecule has 4 nitrogen and oxygen atoms in total.